The number of aromatic nitrogens is 2. The SMILES string of the molecule is Cc1cc(C)n(Cc2ccc(C(=O)NN)s2)n1. The summed E-state index contributed by atoms with van der Waals surface area (Å²) < 4.78 is 1.92. The van der Waals surface area contributed by atoms with E-state index >= 15 is 0 Å². The van der Waals surface area contributed by atoms with Crippen LogP contribution < -0.4 is 11.3 Å². The van der Waals surface area contributed by atoms with E-state index < -0.39 is 0 Å². The number of amides is 1. The van der Waals surface area contributed by atoms with Crippen molar-refractivity contribution >= 4 is 17.2 Å². The number of carbonyl (C=O) groups is 1. The molecule has 0 spiro atoms. The van der Waals surface area contributed by atoms with E-state index in [4.69, 9.17) is 5.84 Å². The van der Waals surface area contributed by atoms with Crippen LogP contribution in [0.4, 0.5) is 0 Å². The molecule has 3 N–H and O–H groups in total. The van der Waals surface area contributed by atoms with E-state index in [9.17, 15) is 4.79 Å². The van der Waals surface area contributed by atoms with Gasteiger partial charge in [-0.05, 0) is 32.0 Å². The maximum Gasteiger partial charge on any atom is 0.275 e. The minimum atomic E-state index is -0.255. The number of aryl methyl sites for hydroxylation is 2. The van der Waals surface area contributed by atoms with Crippen molar-refractivity contribution < 1.29 is 4.79 Å². The fourth-order valence-electron chi connectivity index (χ4n) is 1.64. The van der Waals surface area contributed by atoms with Gasteiger partial charge in [0.25, 0.3) is 5.91 Å². The molecule has 1 amide bonds. The Hall–Kier alpha value is -1.66. The molecule has 0 aliphatic rings. The van der Waals surface area contributed by atoms with Crippen molar-refractivity contribution in [3.63, 3.8) is 0 Å². The number of hydrogen-bond donors (Lipinski definition) is 2. The van der Waals surface area contributed by atoms with Gasteiger partial charge >= 0.3 is 0 Å². The van der Waals surface area contributed by atoms with Crippen LogP contribution in [0.25, 0.3) is 0 Å². The number of nitrogens with one attached hydrogen (secondary N) is 1. The molecule has 2 aromatic rings. The van der Waals surface area contributed by atoms with Crippen LogP contribution in [0.5, 0.6) is 0 Å². The minimum Gasteiger partial charge on any atom is -0.289 e. The van der Waals surface area contributed by atoms with Gasteiger partial charge in [-0.1, -0.05) is 0 Å². The van der Waals surface area contributed by atoms with Gasteiger partial charge < -0.3 is 0 Å². The average Bonchev–Trinajstić information content (AvgIpc) is 2.86. The van der Waals surface area contributed by atoms with Crippen LogP contribution in [0.2, 0.25) is 0 Å². The number of nitrogens with zero attached hydrogens (tertiary/aromatic N) is 2. The summed E-state index contributed by atoms with van der Waals surface area (Å²) in [5, 5.41) is 4.38. The summed E-state index contributed by atoms with van der Waals surface area (Å²) >= 11 is 1.43. The smallest absolute Gasteiger partial charge is 0.275 e. The zero-order chi connectivity index (χ0) is 12.4. The van der Waals surface area contributed by atoms with Crippen molar-refractivity contribution in [2.45, 2.75) is 20.4 Å². The van der Waals surface area contributed by atoms with E-state index in [-0.39, 0.29) is 5.91 Å². The van der Waals surface area contributed by atoms with Gasteiger partial charge in [-0.15, -0.1) is 11.3 Å². The Bertz CT molecular complexity index is 543. The van der Waals surface area contributed by atoms with Gasteiger partial charge in [0.05, 0.1) is 17.1 Å². The van der Waals surface area contributed by atoms with E-state index in [1.165, 1.54) is 11.3 Å². The molecule has 2 aromatic heterocycles. The third kappa shape index (κ3) is 2.54. The van der Waals surface area contributed by atoms with Gasteiger partial charge in [0.1, 0.15) is 0 Å². The molecular weight excluding hydrogens is 236 g/mol. The summed E-state index contributed by atoms with van der Waals surface area (Å²) in [5.41, 5.74) is 4.23. The van der Waals surface area contributed by atoms with Crippen molar-refractivity contribution in [2.24, 2.45) is 5.84 Å². The van der Waals surface area contributed by atoms with Gasteiger partial charge in [0.15, 0.2) is 0 Å². The van der Waals surface area contributed by atoms with E-state index in [1.54, 1.807) is 6.07 Å². The van der Waals surface area contributed by atoms with Crippen LogP contribution in [0.15, 0.2) is 18.2 Å². The maximum absolute atomic E-state index is 11.3. The Morgan fingerprint density at radius 1 is 1.53 bits per heavy atom. The maximum atomic E-state index is 11.3. The standard InChI is InChI=1S/C11H14N4OS/c1-7-5-8(2)15(14-7)6-9-3-4-10(17-9)11(16)13-12/h3-5H,6,12H2,1-2H3,(H,13,16). The normalized spacial score (nSPS) is 10.5. The second-order valence-corrected chi connectivity index (χ2v) is 4.99. The molecule has 0 saturated heterocycles. The number of hydrazine groups is 1. The second-order valence-electron chi connectivity index (χ2n) is 3.82. The Morgan fingerprint density at radius 3 is 2.88 bits per heavy atom. The first-order valence-corrected chi connectivity index (χ1v) is 6.02. The van der Waals surface area contributed by atoms with E-state index in [0.29, 0.717) is 11.4 Å². The average molecular weight is 250 g/mol. The molecule has 6 heteroatoms. The molecule has 0 aliphatic heterocycles. The zero-order valence-corrected chi connectivity index (χ0v) is 10.5. The number of carbonyl (C=O) groups excluding carboxylic acids is 1. The summed E-state index contributed by atoms with van der Waals surface area (Å²) in [7, 11) is 0. The first kappa shape index (κ1) is 11.8. The molecular formula is C11H14N4OS. The Labute approximate surface area is 103 Å². The molecule has 0 unspecified atom stereocenters. The van der Waals surface area contributed by atoms with Crippen LogP contribution in [0, 0.1) is 13.8 Å². The quantitative estimate of drug-likeness (QED) is 0.488. The molecule has 2 rings (SSSR count). The largest absolute Gasteiger partial charge is 0.289 e. The lowest BCUT2D eigenvalue weighted by atomic mass is 10.4. The molecule has 0 radical (unpaired) electrons. The molecule has 17 heavy (non-hydrogen) atoms. The van der Waals surface area contributed by atoms with Crippen molar-refractivity contribution in [1.29, 1.82) is 0 Å². The molecule has 90 valence electrons. The number of nitrogen functional groups attached to an aromatic ring is 1. The second kappa shape index (κ2) is 4.68. The number of rotatable bonds is 3. The van der Waals surface area contributed by atoms with Gasteiger partial charge in [-0.25, -0.2) is 5.84 Å². The highest BCUT2D eigenvalue weighted by Gasteiger charge is 2.09. The summed E-state index contributed by atoms with van der Waals surface area (Å²) in [6.45, 7) is 4.66. The Morgan fingerprint density at radius 2 is 2.29 bits per heavy atom. The van der Waals surface area contributed by atoms with Crippen LogP contribution in [0.3, 0.4) is 0 Å². The monoisotopic (exact) mass is 250 g/mol. The van der Waals surface area contributed by atoms with Gasteiger partial charge in [0, 0.05) is 10.6 Å². The third-order valence-corrected chi connectivity index (χ3v) is 3.49. The summed E-state index contributed by atoms with van der Waals surface area (Å²) in [6.07, 6.45) is 0. The summed E-state index contributed by atoms with van der Waals surface area (Å²) in [5.74, 6) is 4.83. The fourth-order valence-corrected chi connectivity index (χ4v) is 2.53. The first-order valence-electron chi connectivity index (χ1n) is 5.21. The van der Waals surface area contributed by atoms with Crippen LogP contribution in [-0.4, -0.2) is 15.7 Å². The molecule has 0 aromatic carbocycles. The van der Waals surface area contributed by atoms with Crippen molar-refractivity contribution in [3.8, 4) is 0 Å². The molecule has 0 fully saturated rings. The molecule has 2 heterocycles. The van der Waals surface area contributed by atoms with Gasteiger partial charge in [-0.3, -0.25) is 14.9 Å². The Kier molecular flexibility index (Phi) is 3.26. The van der Waals surface area contributed by atoms with Crippen LogP contribution in [0.1, 0.15) is 25.9 Å². The lowest BCUT2D eigenvalue weighted by molar-refractivity contribution is 0.0957. The van der Waals surface area contributed by atoms with Crippen LogP contribution >= 0.6 is 11.3 Å². The van der Waals surface area contributed by atoms with Gasteiger partial charge in [0.2, 0.25) is 0 Å². The zero-order valence-electron chi connectivity index (χ0n) is 9.73. The topological polar surface area (TPSA) is 72.9 Å². The predicted molar refractivity (Wildman–Crippen MR) is 66.8 cm³/mol. The highest BCUT2D eigenvalue weighted by atomic mass is 32.1. The lowest BCUT2D eigenvalue weighted by Gasteiger charge is -2.01. The van der Waals surface area contributed by atoms with Crippen LogP contribution in [-0.2, 0) is 6.54 Å². The summed E-state index contributed by atoms with van der Waals surface area (Å²) in [6, 6.07) is 5.72. The van der Waals surface area contributed by atoms with Crippen molar-refractivity contribution in [2.75, 3.05) is 0 Å². The van der Waals surface area contributed by atoms with Crippen molar-refractivity contribution in [3.05, 3.63) is 39.3 Å². The van der Waals surface area contributed by atoms with Gasteiger partial charge in [-0.2, -0.15) is 5.10 Å². The fraction of sp³-hybridized carbons (Fsp3) is 0.273. The van der Waals surface area contributed by atoms with Crippen molar-refractivity contribution in [1.82, 2.24) is 15.2 Å². The highest BCUT2D eigenvalue weighted by Crippen LogP contribution is 2.18. The number of thiophene rings is 1. The first-order chi connectivity index (χ1) is 8.10. The molecule has 0 saturated carbocycles. The number of nitrogens with two attached hydrogens (primary N) is 1. The Balaban J connectivity index is 2.17. The highest BCUT2D eigenvalue weighted by molar-refractivity contribution is 7.14. The lowest BCUT2D eigenvalue weighted by Crippen LogP contribution is -2.29. The molecule has 0 bridgehead atoms. The van der Waals surface area contributed by atoms with E-state index in [0.717, 1.165) is 16.3 Å². The number of hydrogen-bond acceptors (Lipinski definition) is 4. The minimum absolute atomic E-state index is 0.255. The van der Waals surface area contributed by atoms with E-state index in [1.807, 2.05) is 30.7 Å². The third-order valence-electron chi connectivity index (χ3n) is 2.43. The van der Waals surface area contributed by atoms with E-state index in [2.05, 4.69) is 10.5 Å². The summed E-state index contributed by atoms with van der Waals surface area (Å²) in [4.78, 5) is 13.0. The molecule has 5 nitrogen and oxygen atoms in total. The molecule has 0 atom stereocenters. The molecule has 0 aliphatic carbocycles. The predicted octanol–water partition coefficient (Wildman–Crippen LogP) is 1.21.